The first-order chi connectivity index (χ1) is 11.1. The predicted octanol–water partition coefficient (Wildman–Crippen LogP) is 2.83. The minimum absolute atomic E-state index is 0.0825. The summed E-state index contributed by atoms with van der Waals surface area (Å²) >= 11 is 0. The molecule has 5 nitrogen and oxygen atoms in total. The molecule has 1 heterocycles. The van der Waals surface area contributed by atoms with Crippen LogP contribution in [0.4, 0.5) is 4.79 Å². The average molecular weight is 316 g/mol. The number of amides is 2. The van der Waals surface area contributed by atoms with Crippen molar-refractivity contribution in [1.82, 2.24) is 10.2 Å². The summed E-state index contributed by atoms with van der Waals surface area (Å²) in [7, 11) is 0. The molecule has 1 aromatic carbocycles. The lowest BCUT2D eigenvalue weighted by atomic mass is 10.0. The van der Waals surface area contributed by atoms with E-state index in [4.69, 9.17) is 4.74 Å². The summed E-state index contributed by atoms with van der Waals surface area (Å²) in [6.07, 6.45) is 2.87. The lowest BCUT2D eigenvalue weighted by Gasteiger charge is -2.31. The van der Waals surface area contributed by atoms with Crippen LogP contribution < -0.4 is 5.32 Å². The zero-order chi connectivity index (χ0) is 16.7. The van der Waals surface area contributed by atoms with E-state index in [9.17, 15) is 9.59 Å². The second-order valence-electron chi connectivity index (χ2n) is 5.66. The van der Waals surface area contributed by atoms with Crippen LogP contribution in [0.5, 0.6) is 0 Å². The quantitative estimate of drug-likeness (QED) is 0.869. The fourth-order valence-corrected chi connectivity index (χ4v) is 2.65. The third-order valence-corrected chi connectivity index (χ3v) is 3.94. The number of carbonyl (C=O) groups excluding carboxylic acids is 2. The number of hydrogen-bond donors (Lipinski definition) is 1. The van der Waals surface area contributed by atoms with Gasteiger partial charge in [-0.05, 0) is 37.8 Å². The zero-order valence-corrected chi connectivity index (χ0v) is 13.7. The minimum atomic E-state index is -0.267. The summed E-state index contributed by atoms with van der Waals surface area (Å²) in [5.74, 6) is -0.0825. The lowest BCUT2D eigenvalue weighted by molar-refractivity contribution is -0.117. The van der Waals surface area contributed by atoms with Gasteiger partial charge in [-0.2, -0.15) is 0 Å². The van der Waals surface area contributed by atoms with Gasteiger partial charge in [-0.15, -0.1) is 0 Å². The van der Waals surface area contributed by atoms with E-state index in [1.54, 1.807) is 17.9 Å². The Morgan fingerprint density at radius 3 is 2.52 bits per heavy atom. The molecule has 0 radical (unpaired) electrons. The molecule has 1 saturated heterocycles. The first kappa shape index (κ1) is 17.1. The van der Waals surface area contributed by atoms with Crippen LogP contribution in [-0.2, 0) is 9.53 Å². The summed E-state index contributed by atoms with van der Waals surface area (Å²) in [6.45, 7) is 5.35. The molecule has 0 bridgehead atoms. The highest BCUT2D eigenvalue weighted by molar-refractivity contribution is 5.95. The van der Waals surface area contributed by atoms with Gasteiger partial charge in [0.2, 0.25) is 5.91 Å². The van der Waals surface area contributed by atoms with Crippen LogP contribution in [0, 0.1) is 0 Å². The van der Waals surface area contributed by atoms with Gasteiger partial charge < -0.3 is 15.0 Å². The number of allylic oxidation sites excluding steroid dienone is 1. The number of likely N-dealkylation sites (tertiary alicyclic amines) is 1. The Kier molecular flexibility index (Phi) is 6.20. The van der Waals surface area contributed by atoms with Crippen molar-refractivity contribution < 1.29 is 14.3 Å². The van der Waals surface area contributed by atoms with E-state index >= 15 is 0 Å². The molecule has 0 aromatic heterocycles. The summed E-state index contributed by atoms with van der Waals surface area (Å²) in [4.78, 5) is 25.4. The van der Waals surface area contributed by atoms with Crippen molar-refractivity contribution in [2.24, 2.45) is 0 Å². The van der Waals surface area contributed by atoms with Crippen molar-refractivity contribution >= 4 is 17.6 Å². The van der Waals surface area contributed by atoms with E-state index in [2.05, 4.69) is 5.32 Å². The molecule has 1 fully saturated rings. The SMILES string of the molecule is CCOC(=O)N1CCC(NC(=O)/C=C(\C)c2ccccc2)CC1. The van der Waals surface area contributed by atoms with Gasteiger partial charge in [0.1, 0.15) is 0 Å². The molecular formula is C18H24N2O3. The number of nitrogens with one attached hydrogen (secondary N) is 1. The third kappa shape index (κ3) is 5.13. The molecule has 2 rings (SSSR count). The molecule has 0 aliphatic carbocycles. The van der Waals surface area contributed by atoms with Crippen LogP contribution in [0.1, 0.15) is 32.3 Å². The molecule has 5 heteroatoms. The molecule has 0 unspecified atom stereocenters. The smallest absolute Gasteiger partial charge is 0.409 e. The standard InChI is InChI=1S/C18H24N2O3/c1-3-23-18(22)20-11-9-16(10-12-20)19-17(21)13-14(2)15-7-5-4-6-8-15/h4-8,13,16H,3,9-12H2,1-2H3,(H,19,21)/b14-13+. The Morgan fingerprint density at radius 1 is 1.26 bits per heavy atom. The van der Waals surface area contributed by atoms with Gasteiger partial charge in [-0.25, -0.2) is 4.79 Å². The van der Waals surface area contributed by atoms with Gasteiger partial charge in [-0.3, -0.25) is 4.79 Å². The maximum atomic E-state index is 12.1. The van der Waals surface area contributed by atoms with E-state index in [1.807, 2.05) is 37.3 Å². The van der Waals surface area contributed by atoms with E-state index in [-0.39, 0.29) is 18.0 Å². The van der Waals surface area contributed by atoms with Gasteiger partial charge in [0.05, 0.1) is 6.61 Å². The summed E-state index contributed by atoms with van der Waals surface area (Å²) in [5.41, 5.74) is 1.98. The van der Waals surface area contributed by atoms with E-state index < -0.39 is 0 Å². The highest BCUT2D eigenvalue weighted by atomic mass is 16.6. The average Bonchev–Trinajstić information content (AvgIpc) is 2.56. The van der Waals surface area contributed by atoms with Crippen LogP contribution in [0.2, 0.25) is 0 Å². The second-order valence-corrected chi connectivity index (χ2v) is 5.66. The van der Waals surface area contributed by atoms with Crippen LogP contribution in [0.3, 0.4) is 0 Å². The Balaban J connectivity index is 1.82. The van der Waals surface area contributed by atoms with Crippen LogP contribution in [-0.4, -0.2) is 42.6 Å². The van der Waals surface area contributed by atoms with Crippen molar-refractivity contribution in [2.45, 2.75) is 32.7 Å². The monoisotopic (exact) mass is 316 g/mol. The fourth-order valence-electron chi connectivity index (χ4n) is 2.65. The number of piperidine rings is 1. The number of benzene rings is 1. The van der Waals surface area contributed by atoms with Gasteiger partial charge in [0, 0.05) is 25.2 Å². The lowest BCUT2D eigenvalue weighted by Crippen LogP contribution is -2.46. The van der Waals surface area contributed by atoms with Gasteiger partial charge in [0.25, 0.3) is 0 Å². The molecule has 0 atom stereocenters. The predicted molar refractivity (Wildman–Crippen MR) is 89.9 cm³/mol. The van der Waals surface area contributed by atoms with Crippen LogP contribution in [0.15, 0.2) is 36.4 Å². The summed E-state index contributed by atoms with van der Waals surface area (Å²) < 4.78 is 4.99. The Morgan fingerprint density at radius 2 is 1.91 bits per heavy atom. The number of nitrogens with zero attached hydrogens (tertiary/aromatic N) is 1. The molecule has 1 aliphatic rings. The second kappa shape index (κ2) is 8.36. The zero-order valence-electron chi connectivity index (χ0n) is 13.7. The number of rotatable bonds is 4. The van der Waals surface area contributed by atoms with E-state index in [1.165, 1.54) is 0 Å². The molecule has 1 aromatic rings. The normalized spacial score (nSPS) is 16.1. The Hall–Kier alpha value is -2.30. The van der Waals surface area contributed by atoms with Gasteiger partial charge in [-0.1, -0.05) is 30.3 Å². The molecule has 1 N–H and O–H groups in total. The Labute approximate surface area is 137 Å². The molecule has 2 amide bonds. The molecular weight excluding hydrogens is 292 g/mol. The van der Waals surface area contributed by atoms with Gasteiger partial charge >= 0.3 is 6.09 Å². The first-order valence-electron chi connectivity index (χ1n) is 8.06. The van der Waals surface area contributed by atoms with Crippen molar-refractivity contribution in [3.05, 3.63) is 42.0 Å². The molecule has 0 spiro atoms. The molecule has 1 aliphatic heterocycles. The minimum Gasteiger partial charge on any atom is -0.450 e. The molecule has 23 heavy (non-hydrogen) atoms. The number of carbonyl (C=O) groups is 2. The maximum absolute atomic E-state index is 12.1. The third-order valence-electron chi connectivity index (χ3n) is 3.94. The molecule has 124 valence electrons. The van der Waals surface area contributed by atoms with Crippen molar-refractivity contribution in [2.75, 3.05) is 19.7 Å². The summed E-state index contributed by atoms with van der Waals surface area (Å²) in [6, 6.07) is 9.93. The summed E-state index contributed by atoms with van der Waals surface area (Å²) in [5, 5.41) is 3.02. The van der Waals surface area contributed by atoms with Gasteiger partial charge in [0.15, 0.2) is 0 Å². The number of hydrogen-bond acceptors (Lipinski definition) is 3. The van der Waals surface area contributed by atoms with Crippen molar-refractivity contribution in [3.8, 4) is 0 Å². The fraction of sp³-hybridized carbons (Fsp3) is 0.444. The van der Waals surface area contributed by atoms with Crippen LogP contribution in [0.25, 0.3) is 5.57 Å². The van der Waals surface area contributed by atoms with Crippen molar-refractivity contribution in [1.29, 1.82) is 0 Å². The molecule has 0 saturated carbocycles. The van der Waals surface area contributed by atoms with Crippen LogP contribution >= 0.6 is 0 Å². The van der Waals surface area contributed by atoms with E-state index in [0.29, 0.717) is 19.7 Å². The first-order valence-corrected chi connectivity index (χ1v) is 8.06. The van der Waals surface area contributed by atoms with Crippen molar-refractivity contribution in [3.63, 3.8) is 0 Å². The Bertz CT molecular complexity index is 561. The topological polar surface area (TPSA) is 58.6 Å². The highest BCUT2D eigenvalue weighted by Gasteiger charge is 2.24. The maximum Gasteiger partial charge on any atom is 0.409 e. The highest BCUT2D eigenvalue weighted by Crippen LogP contribution is 2.14. The van der Waals surface area contributed by atoms with E-state index in [0.717, 1.165) is 24.0 Å². The largest absolute Gasteiger partial charge is 0.450 e. The number of ether oxygens (including phenoxy) is 1.